The Labute approximate surface area is 483 Å². The van der Waals surface area contributed by atoms with Gasteiger partial charge in [0, 0.05) is 47.7 Å². The van der Waals surface area contributed by atoms with E-state index in [0.717, 1.165) is 99.3 Å². The maximum absolute atomic E-state index is 13.6. The molecule has 10 aliphatic carbocycles. The number of hydroxylamine groups is 4. The van der Waals surface area contributed by atoms with E-state index in [1.807, 2.05) is 27.7 Å². The van der Waals surface area contributed by atoms with Crippen molar-refractivity contribution in [1.29, 1.82) is 0 Å². The number of imide groups is 2. The molecule has 2 aliphatic heterocycles. The molecule has 0 aromatic carbocycles. The van der Waals surface area contributed by atoms with Crippen molar-refractivity contribution in [2.24, 2.45) is 66.0 Å². The molecule has 0 aromatic rings. The number of hydrogen-bond donors (Lipinski definition) is 4. The van der Waals surface area contributed by atoms with E-state index in [0.29, 0.717) is 35.0 Å². The van der Waals surface area contributed by atoms with Gasteiger partial charge in [0.15, 0.2) is 11.5 Å². The summed E-state index contributed by atoms with van der Waals surface area (Å²) in [5, 5.41) is 39.9. The van der Waals surface area contributed by atoms with Crippen LogP contribution >= 0.6 is 0 Å². The second kappa shape index (κ2) is 19.6. The summed E-state index contributed by atoms with van der Waals surface area (Å²) in [6.45, 7) is 26.5. The van der Waals surface area contributed by atoms with Crippen LogP contribution in [0.15, 0.2) is 92.6 Å². The third-order valence-electron chi connectivity index (χ3n) is 25.0. The predicted molar refractivity (Wildman–Crippen MR) is 306 cm³/mol. The van der Waals surface area contributed by atoms with Gasteiger partial charge in [-0.05, 0) is 196 Å². The number of rotatable bonds is 3. The molecular weight excluding hydrogens is 1040 g/mol. The van der Waals surface area contributed by atoms with E-state index < -0.39 is 46.4 Å². The SMILES string of the molecule is C.CC1=C(O)C(=O)C=C2C1=CC=C1[C@@]2(C)CC[C@@]2(C)[C@@H]3C[C@](C)(C(=O)O)CC[C@]3(C)CC[C@]12C.CC1=C(O)C(=O)C=C2C1=CC=C1[C@@]2(C)CC[C@@]2(C)[C@@H]3C[C@](C)(C(=O)ON4C(=O)CCC4=O)CC[C@]3(C)CC[C@]12C.O=C1CCC(=O)N1O. The van der Waals surface area contributed by atoms with Crippen LogP contribution in [-0.4, -0.2) is 77.8 Å². The second-order valence-corrected chi connectivity index (χ2v) is 29.1. The fourth-order valence-corrected chi connectivity index (χ4v) is 18.7. The molecule has 12 atom stereocenters. The highest BCUT2D eigenvalue weighted by molar-refractivity contribution is 6.07. The van der Waals surface area contributed by atoms with Crippen LogP contribution in [0.1, 0.15) is 206 Å². The lowest BCUT2D eigenvalue weighted by atomic mass is 9.34. The van der Waals surface area contributed by atoms with E-state index in [1.165, 1.54) is 11.1 Å². The molecule has 4 N–H and O–H groups in total. The van der Waals surface area contributed by atoms with Gasteiger partial charge in [0.1, 0.15) is 0 Å². The van der Waals surface area contributed by atoms with Crippen LogP contribution in [0, 0.1) is 66.0 Å². The molecule has 0 aromatic heterocycles. The molecular formula is C67H88N2O13. The van der Waals surface area contributed by atoms with Crippen molar-refractivity contribution in [3.05, 3.63) is 92.6 Å². The van der Waals surface area contributed by atoms with E-state index in [1.54, 1.807) is 12.2 Å². The summed E-state index contributed by atoms with van der Waals surface area (Å²) < 4.78 is 0. The fraction of sp³-hybridized carbons (Fsp3) is 0.642. The van der Waals surface area contributed by atoms with Gasteiger partial charge < -0.3 is 20.2 Å². The average Bonchev–Trinajstić information content (AvgIpc) is 3.56. The average molecular weight is 1130 g/mol. The van der Waals surface area contributed by atoms with Crippen molar-refractivity contribution in [3.8, 4) is 0 Å². The van der Waals surface area contributed by atoms with Gasteiger partial charge in [-0.15, -0.1) is 5.06 Å². The maximum atomic E-state index is 13.6. The van der Waals surface area contributed by atoms with E-state index >= 15 is 0 Å². The Morgan fingerprint density at radius 1 is 0.512 bits per heavy atom. The molecule has 12 aliphatic rings. The molecule has 8 fully saturated rings. The molecule has 15 heteroatoms. The molecule has 444 valence electrons. The summed E-state index contributed by atoms with van der Waals surface area (Å²) in [5.74, 6) is -3.37. The molecule has 6 saturated carbocycles. The Morgan fingerprint density at radius 3 is 1.26 bits per heavy atom. The summed E-state index contributed by atoms with van der Waals surface area (Å²) in [7, 11) is 0. The number of carboxylic acids is 1. The van der Waals surface area contributed by atoms with Crippen molar-refractivity contribution in [3.63, 3.8) is 0 Å². The van der Waals surface area contributed by atoms with E-state index in [2.05, 4.69) is 79.7 Å². The zero-order valence-corrected chi connectivity index (χ0v) is 49.7. The minimum atomic E-state index is -0.791. The first-order valence-corrected chi connectivity index (χ1v) is 29.6. The number of amides is 4. The maximum Gasteiger partial charge on any atom is 0.339 e. The second-order valence-electron chi connectivity index (χ2n) is 29.1. The standard InChI is InChI=1S/C33H41NO6.C29H38O4.C4H5NO3.CH4/c1-19-20-7-8-23-31(4,21(20)17-22(35)27(19)38)14-16-33(6)24-18-30(3,12-11-29(24,2)13-15-32(23,33)5)28(39)40-34-25(36)9-10-26(34)37;1-17-18-7-8-21-27(4,19(18)15-20(30)23(17)31)12-14-29(6)22-16-26(3,24(32)33)10-9-25(22,2)11-13-28(21,29)5;6-3-1-2-4(7)5(3)8;/h7-8,17,24,38H,9-16,18H2,1-6H3;7-8,15,22,31H,9-14,16H2,1-6H3,(H,32,33);8H,1-2H2;1H4/t24-,29-,30-,31+,32-,33+;22-,25-,26-,27+,28-,29+;;/m11../s1. The summed E-state index contributed by atoms with van der Waals surface area (Å²) in [6, 6.07) is 0. The van der Waals surface area contributed by atoms with Gasteiger partial charge in [0.05, 0.1) is 10.8 Å². The van der Waals surface area contributed by atoms with Crippen LogP contribution in [0.25, 0.3) is 0 Å². The van der Waals surface area contributed by atoms with Crippen molar-refractivity contribution < 1.29 is 63.7 Å². The minimum absolute atomic E-state index is 0. The summed E-state index contributed by atoms with van der Waals surface area (Å²) in [5.41, 5.74) is 5.99. The minimum Gasteiger partial charge on any atom is -0.504 e. The number of aliphatic carboxylic acids is 1. The lowest BCUT2D eigenvalue weighted by Gasteiger charge is -2.70. The number of allylic oxidation sites excluding steroid dienone is 14. The lowest BCUT2D eigenvalue weighted by molar-refractivity contribution is -0.214. The summed E-state index contributed by atoms with van der Waals surface area (Å²) >= 11 is 0. The molecule has 2 saturated heterocycles. The summed E-state index contributed by atoms with van der Waals surface area (Å²) in [6.07, 6.45) is 25.2. The topological polar surface area (TPSA) is 233 Å². The first-order chi connectivity index (χ1) is 37.5. The van der Waals surface area contributed by atoms with Crippen LogP contribution < -0.4 is 0 Å². The quantitative estimate of drug-likeness (QED) is 0.152. The zero-order valence-electron chi connectivity index (χ0n) is 49.7. The summed E-state index contributed by atoms with van der Waals surface area (Å²) in [4.78, 5) is 101. The van der Waals surface area contributed by atoms with Gasteiger partial charge in [0.25, 0.3) is 23.6 Å². The van der Waals surface area contributed by atoms with Crippen molar-refractivity contribution in [1.82, 2.24) is 10.1 Å². The first-order valence-electron chi connectivity index (χ1n) is 29.6. The van der Waals surface area contributed by atoms with Gasteiger partial charge >= 0.3 is 11.9 Å². The molecule has 15 nitrogen and oxygen atoms in total. The molecule has 4 amide bonds. The van der Waals surface area contributed by atoms with Crippen LogP contribution in [0.5, 0.6) is 0 Å². The van der Waals surface area contributed by atoms with Crippen molar-refractivity contribution >= 4 is 47.1 Å². The number of aliphatic hydroxyl groups is 2. The number of carbonyl (C=O) groups excluding carboxylic acids is 7. The van der Waals surface area contributed by atoms with Gasteiger partial charge in [-0.1, -0.05) is 98.3 Å². The van der Waals surface area contributed by atoms with Crippen LogP contribution in [0.2, 0.25) is 0 Å². The Balaban J connectivity index is 0.000000174. The first kappa shape index (κ1) is 60.6. The smallest absolute Gasteiger partial charge is 0.339 e. The van der Waals surface area contributed by atoms with Crippen molar-refractivity contribution in [2.45, 2.75) is 206 Å². The molecule has 12 rings (SSSR count). The number of hydrogen-bond acceptors (Lipinski definition) is 12. The fourth-order valence-electron chi connectivity index (χ4n) is 18.7. The Hall–Kier alpha value is -5.96. The monoisotopic (exact) mass is 1130 g/mol. The number of nitrogens with zero attached hydrogens (tertiary/aromatic N) is 2. The van der Waals surface area contributed by atoms with Crippen LogP contribution in [0.4, 0.5) is 0 Å². The number of fused-ring (bicyclic) bond motifs is 14. The normalized spacial score (nSPS) is 41.7. The molecule has 0 spiro atoms. The van der Waals surface area contributed by atoms with Gasteiger partial charge in [-0.2, -0.15) is 5.06 Å². The number of carboxylic acid groups (broad SMARTS) is 1. The molecule has 0 bridgehead atoms. The number of aliphatic hydroxyl groups excluding tert-OH is 2. The third-order valence-corrected chi connectivity index (χ3v) is 25.0. The Kier molecular flexibility index (Phi) is 14.5. The molecule has 82 heavy (non-hydrogen) atoms. The molecule has 0 radical (unpaired) electrons. The highest BCUT2D eigenvalue weighted by atomic mass is 16.7. The third kappa shape index (κ3) is 8.46. The lowest BCUT2D eigenvalue weighted by Crippen LogP contribution is -2.62. The highest BCUT2D eigenvalue weighted by Gasteiger charge is 2.69. The largest absolute Gasteiger partial charge is 0.504 e. The van der Waals surface area contributed by atoms with Crippen molar-refractivity contribution in [2.75, 3.05) is 0 Å². The van der Waals surface area contributed by atoms with E-state index in [4.69, 9.17) is 10.0 Å². The van der Waals surface area contributed by atoms with E-state index in [9.17, 15) is 53.7 Å². The van der Waals surface area contributed by atoms with Crippen LogP contribution in [0.3, 0.4) is 0 Å². The number of carbonyl (C=O) groups is 8. The Morgan fingerprint density at radius 2 is 0.878 bits per heavy atom. The molecule has 2 heterocycles. The van der Waals surface area contributed by atoms with E-state index in [-0.39, 0.29) is 110 Å². The van der Waals surface area contributed by atoms with Gasteiger partial charge in [0.2, 0.25) is 11.6 Å². The Bertz CT molecular complexity index is 3170. The van der Waals surface area contributed by atoms with Crippen LogP contribution in [-0.2, 0) is 43.2 Å². The van der Waals surface area contributed by atoms with Gasteiger partial charge in [-0.25, -0.2) is 4.79 Å². The highest BCUT2D eigenvalue weighted by Crippen LogP contribution is 2.77. The zero-order chi connectivity index (χ0) is 59.4. The molecule has 0 unspecified atom stereocenters. The number of ketones is 2. The van der Waals surface area contributed by atoms with Gasteiger partial charge in [-0.3, -0.25) is 38.8 Å². The predicted octanol–water partition coefficient (Wildman–Crippen LogP) is 13.1.